The summed E-state index contributed by atoms with van der Waals surface area (Å²) in [6, 6.07) is 14.6. The minimum absolute atomic E-state index is 0.0435. The highest BCUT2D eigenvalue weighted by Gasteiger charge is 2.36. The molecule has 2 aromatic rings. The first-order chi connectivity index (χ1) is 14.0. The minimum atomic E-state index is -0.875. The Balaban J connectivity index is 1.30. The molecule has 0 saturated carbocycles. The van der Waals surface area contributed by atoms with Crippen molar-refractivity contribution in [1.82, 2.24) is 10.9 Å². The van der Waals surface area contributed by atoms with Gasteiger partial charge in [0.1, 0.15) is 6.61 Å². The second-order valence-corrected chi connectivity index (χ2v) is 7.08. The quantitative estimate of drug-likeness (QED) is 0.765. The number of rotatable bonds is 3. The van der Waals surface area contributed by atoms with Crippen LogP contribution >= 0.6 is 0 Å². The highest BCUT2D eigenvalue weighted by molar-refractivity contribution is 6.00. The zero-order chi connectivity index (χ0) is 20.4. The van der Waals surface area contributed by atoms with Crippen LogP contribution in [0.15, 0.2) is 48.5 Å². The molecule has 8 heteroatoms. The van der Waals surface area contributed by atoms with Crippen LogP contribution in [0.4, 0.5) is 5.69 Å². The van der Waals surface area contributed by atoms with Crippen LogP contribution in [0.1, 0.15) is 12.0 Å². The Hall–Kier alpha value is -3.55. The summed E-state index contributed by atoms with van der Waals surface area (Å²) in [6.07, 6.45) is -0.786. The molecule has 2 heterocycles. The van der Waals surface area contributed by atoms with E-state index in [1.54, 1.807) is 23.1 Å². The average molecular weight is 395 g/mol. The number of para-hydroxylation sites is 2. The Morgan fingerprint density at radius 3 is 2.45 bits per heavy atom. The topological polar surface area (TPSA) is 97.0 Å². The molecule has 8 nitrogen and oxygen atoms in total. The molecule has 2 aliphatic rings. The molecule has 2 aromatic carbocycles. The first-order valence-electron chi connectivity index (χ1n) is 9.36. The Kier molecular flexibility index (Phi) is 5.07. The molecule has 0 spiro atoms. The van der Waals surface area contributed by atoms with Gasteiger partial charge in [0.05, 0.1) is 5.92 Å². The molecule has 0 bridgehead atoms. The molecule has 29 heavy (non-hydrogen) atoms. The number of hydrazine groups is 1. The molecule has 4 rings (SSSR count). The van der Waals surface area contributed by atoms with Crippen LogP contribution in [-0.4, -0.2) is 37.0 Å². The van der Waals surface area contributed by atoms with E-state index in [1.165, 1.54) is 0 Å². The van der Waals surface area contributed by atoms with Crippen molar-refractivity contribution in [1.29, 1.82) is 0 Å². The molecule has 3 amide bonds. The van der Waals surface area contributed by atoms with Gasteiger partial charge in [-0.05, 0) is 31.2 Å². The summed E-state index contributed by atoms with van der Waals surface area (Å²) in [7, 11) is 0. The van der Waals surface area contributed by atoms with Crippen molar-refractivity contribution in [2.45, 2.75) is 19.4 Å². The second kappa shape index (κ2) is 7.83. The van der Waals surface area contributed by atoms with E-state index in [1.807, 2.05) is 37.3 Å². The highest BCUT2D eigenvalue weighted by Crippen LogP contribution is 2.31. The molecule has 0 radical (unpaired) electrons. The predicted octanol–water partition coefficient (Wildman–Crippen LogP) is 1.34. The van der Waals surface area contributed by atoms with Gasteiger partial charge in [-0.25, -0.2) is 0 Å². The van der Waals surface area contributed by atoms with Gasteiger partial charge in [-0.3, -0.25) is 25.2 Å². The number of carbonyl (C=O) groups excluding carboxylic acids is 3. The smallest absolute Gasteiger partial charge is 0.283 e. The number of amides is 3. The van der Waals surface area contributed by atoms with Crippen molar-refractivity contribution in [3.63, 3.8) is 0 Å². The standard InChI is InChI=1S/C21H21N3O5/c1-13-6-8-15(9-7-13)24-11-14(10-19(24)25)20(26)22-23-21(27)18-12-28-16-4-2-3-5-17(16)29-18/h2-9,14,18H,10-12H2,1H3,(H,22,26)(H,23,27)/t14-,18+/m0/s1. The summed E-state index contributed by atoms with van der Waals surface area (Å²) >= 11 is 0. The number of hydrogen-bond donors (Lipinski definition) is 2. The molecular formula is C21H21N3O5. The summed E-state index contributed by atoms with van der Waals surface area (Å²) < 4.78 is 11.1. The number of carbonyl (C=O) groups is 3. The fraction of sp³-hybridized carbons (Fsp3) is 0.286. The van der Waals surface area contributed by atoms with Crippen molar-refractivity contribution in [3.05, 3.63) is 54.1 Å². The number of anilines is 1. The number of nitrogens with zero attached hydrogens (tertiary/aromatic N) is 1. The molecule has 150 valence electrons. The van der Waals surface area contributed by atoms with Crippen molar-refractivity contribution in [2.24, 2.45) is 5.92 Å². The fourth-order valence-corrected chi connectivity index (χ4v) is 3.31. The van der Waals surface area contributed by atoms with Gasteiger partial charge in [-0.2, -0.15) is 0 Å². The van der Waals surface area contributed by atoms with Crippen molar-refractivity contribution in [3.8, 4) is 11.5 Å². The van der Waals surface area contributed by atoms with Crippen molar-refractivity contribution >= 4 is 23.4 Å². The fourth-order valence-electron chi connectivity index (χ4n) is 3.31. The maximum Gasteiger partial charge on any atom is 0.283 e. The molecule has 1 fully saturated rings. The summed E-state index contributed by atoms with van der Waals surface area (Å²) in [5.74, 6) is -0.568. The van der Waals surface area contributed by atoms with Gasteiger partial charge in [-0.1, -0.05) is 29.8 Å². The number of aryl methyl sites for hydroxylation is 1. The van der Waals surface area contributed by atoms with Gasteiger partial charge in [0.25, 0.3) is 5.91 Å². The second-order valence-electron chi connectivity index (χ2n) is 7.08. The first-order valence-corrected chi connectivity index (χ1v) is 9.36. The third-order valence-corrected chi connectivity index (χ3v) is 4.95. The monoisotopic (exact) mass is 395 g/mol. The molecule has 2 atom stereocenters. The van der Waals surface area contributed by atoms with Gasteiger partial charge in [0.2, 0.25) is 17.9 Å². The maximum atomic E-state index is 12.4. The minimum Gasteiger partial charge on any atom is -0.485 e. The van der Waals surface area contributed by atoms with E-state index in [2.05, 4.69) is 10.9 Å². The van der Waals surface area contributed by atoms with E-state index >= 15 is 0 Å². The number of nitrogens with one attached hydrogen (secondary N) is 2. The van der Waals surface area contributed by atoms with Crippen LogP contribution in [-0.2, 0) is 14.4 Å². The van der Waals surface area contributed by atoms with Crippen LogP contribution in [0.2, 0.25) is 0 Å². The summed E-state index contributed by atoms with van der Waals surface area (Å²) in [4.78, 5) is 38.6. The average Bonchev–Trinajstić information content (AvgIpc) is 3.13. The van der Waals surface area contributed by atoms with Gasteiger partial charge < -0.3 is 14.4 Å². The van der Waals surface area contributed by atoms with E-state index < -0.39 is 23.8 Å². The van der Waals surface area contributed by atoms with E-state index in [0.717, 1.165) is 11.3 Å². The SMILES string of the molecule is Cc1ccc(N2C[C@@H](C(=O)NNC(=O)[C@H]3COc4ccccc4O3)CC2=O)cc1. The number of benzene rings is 2. The lowest BCUT2D eigenvalue weighted by molar-refractivity contribution is -0.136. The molecule has 2 N–H and O–H groups in total. The first kappa shape index (κ1) is 18.8. The third kappa shape index (κ3) is 4.01. The van der Waals surface area contributed by atoms with Crippen LogP contribution in [0.3, 0.4) is 0 Å². The summed E-state index contributed by atoms with van der Waals surface area (Å²) in [5, 5.41) is 0. The van der Waals surface area contributed by atoms with Gasteiger partial charge in [0, 0.05) is 18.7 Å². The molecule has 1 saturated heterocycles. The maximum absolute atomic E-state index is 12.4. The largest absolute Gasteiger partial charge is 0.485 e. The van der Waals surface area contributed by atoms with Gasteiger partial charge in [0.15, 0.2) is 11.5 Å². The van der Waals surface area contributed by atoms with Gasteiger partial charge in [-0.15, -0.1) is 0 Å². The Labute approximate surface area is 167 Å². The Bertz CT molecular complexity index is 944. The van der Waals surface area contributed by atoms with Crippen molar-refractivity contribution in [2.75, 3.05) is 18.1 Å². The van der Waals surface area contributed by atoms with Crippen LogP contribution in [0.5, 0.6) is 11.5 Å². The molecule has 0 aromatic heterocycles. The van der Waals surface area contributed by atoms with Crippen molar-refractivity contribution < 1.29 is 23.9 Å². The molecule has 0 unspecified atom stereocenters. The summed E-state index contributed by atoms with van der Waals surface area (Å²) in [6.45, 7) is 2.27. The number of hydrogen-bond acceptors (Lipinski definition) is 5. The zero-order valence-electron chi connectivity index (χ0n) is 15.9. The molecule has 0 aliphatic carbocycles. The molecular weight excluding hydrogens is 374 g/mol. The Morgan fingerprint density at radius 2 is 1.69 bits per heavy atom. The lowest BCUT2D eigenvalue weighted by Crippen LogP contribution is -2.52. The van der Waals surface area contributed by atoms with E-state index in [4.69, 9.17) is 9.47 Å². The Morgan fingerprint density at radius 1 is 1.00 bits per heavy atom. The highest BCUT2D eigenvalue weighted by atomic mass is 16.6. The van der Waals surface area contributed by atoms with Crippen LogP contribution in [0, 0.1) is 12.8 Å². The number of ether oxygens (including phenoxy) is 2. The third-order valence-electron chi connectivity index (χ3n) is 4.95. The zero-order valence-corrected chi connectivity index (χ0v) is 15.9. The number of fused-ring (bicyclic) bond motifs is 1. The normalized spacial score (nSPS) is 20.3. The van der Waals surface area contributed by atoms with E-state index in [-0.39, 0.29) is 25.5 Å². The molecule has 2 aliphatic heterocycles. The van der Waals surface area contributed by atoms with Crippen LogP contribution < -0.4 is 25.2 Å². The summed E-state index contributed by atoms with van der Waals surface area (Å²) in [5.41, 5.74) is 6.61. The predicted molar refractivity (Wildman–Crippen MR) is 104 cm³/mol. The van der Waals surface area contributed by atoms with Crippen LogP contribution in [0.25, 0.3) is 0 Å². The lowest BCUT2D eigenvalue weighted by Gasteiger charge is -2.25. The lowest BCUT2D eigenvalue weighted by atomic mass is 10.1. The van der Waals surface area contributed by atoms with E-state index in [0.29, 0.717) is 11.5 Å². The van der Waals surface area contributed by atoms with Gasteiger partial charge >= 0.3 is 0 Å². The van der Waals surface area contributed by atoms with E-state index in [9.17, 15) is 14.4 Å².